The molecule has 34 heavy (non-hydrogen) atoms. The van der Waals surface area contributed by atoms with Gasteiger partial charge in [-0.3, -0.25) is 19.2 Å². The summed E-state index contributed by atoms with van der Waals surface area (Å²) < 4.78 is 0. The summed E-state index contributed by atoms with van der Waals surface area (Å²) >= 11 is 0. The number of carboxylic acid groups (broad SMARTS) is 1. The molecule has 0 aliphatic heterocycles. The average molecular weight is 480 g/mol. The summed E-state index contributed by atoms with van der Waals surface area (Å²) in [7, 11) is 0. The molecule has 0 heterocycles. The van der Waals surface area contributed by atoms with Crippen LogP contribution in [-0.2, 0) is 30.4 Å². The van der Waals surface area contributed by atoms with E-state index in [1.807, 2.05) is 13.8 Å². The third kappa shape index (κ3) is 10.8. The molecule has 0 radical (unpaired) electrons. The lowest BCUT2D eigenvalue weighted by Gasteiger charge is -2.21. The number of benzene rings is 1. The maximum Gasteiger partial charge on any atom is 0.326 e. The lowest BCUT2D eigenvalue weighted by molar-refractivity contribution is -0.142. The van der Waals surface area contributed by atoms with E-state index in [-0.39, 0.29) is 37.4 Å². The van der Waals surface area contributed by atoms with Gasteiger partial charge in [0.05, 0.1) is 12.6 Å². The number of hydrogen-bond acceptors (Lipinski definition) is 7. The highest BCUT2D eigenvalue weighted by atomic mass is 16.4. The van der Waals surface area contributed by atoms with Crippen molar-refractivity contribution < 1.29 is 34.2 Å². The Hall–Kier alpha value is -3.67. The standard InChI is InChI=1S/C22H33N5O7/c1-12(2)9-17(22(33)34)26-19(30)11-25-21(32)16(10-13-3-5-14(28)6-4-13)27-20(31)15(23)7-8-18(24)29/h3-6,12,15-17,28H,7-11,23H2,1-2H3,(H2,24,29)(H,25,32)(H,26,30)(H,27,31)(H,33,34)/t15-,16-,17-/m0/s1. The molecular weight excluding hydrogens is 446 g/mol. The number of hydrogen-bond donors (Lipinski definition) is 7. The van der Waals surface area contributed by atoms with Gasteiger partial charge in [0.25, 0.3) is 0 Å². The summed E-state index contributed by atoms with van der Waals surface area (Å²) in [4.78, 5) is 59.6. The first kappa shape index (κ1) is 28.4. The minimum absolute atomic E-state index is 0.0104. The number of nitrogens with two attached hydrogens (primary N) is 2. The fraction of sp³-hybridized carbons (Fsp3) is 0.500. The van der Waals surface area contributed by atoms with Crippen molar-refractivity contribution in [3.8, 4) is 5.75 Å². The Morgan fingerprint density at radius 2 is 1.59 bits per heavy atom. The Labute approximate surface area is 197 Å². The second-order valence-corrected chi connectivity index (χ2v) is 8.35. The molecule has 0 aliphatic rings. The minimum atomic E-state index is -1.18. The number of phenols is 1. The summed E-state index contributed by atoms with van der Waals surface area (Å²) in [5, 5.41) is 25.9. The van der Waals surface area contributed by atoms with Crippen molar-refractivity contribution in [2.45, 2.75) is 57.7 Å². The van der Waals surface area contributed by atoms with Crippen LogP contribution in [0, 0.1) is 5.92 Å². The molecule has 4 amide bonds. The maximum atomic E-state index is 12.8. The van der Waals surface area contributed by atoms with E-state index in [4.69, 9.17) is 11.5 Å². The Bertz CT molecular complexity index is 873. The molecule has 0 fully saturated rings. The van der Waals surface area contributed by atoms with Crippen molar-refractivity contribution in [2.75, 3.05) is 6.54 Å². The molecule has 1 rings (SSSR count). The number of aromatic hydroxyl groups is 1. The lowest BCUT2D eigenvalue weighted by Crippen LogP contribution is -2.54. The van der Waals surface area contributed by atoms with E-state index < -0.39 is 54.3 Å². The second kappa shape index (κ2) is 13.8. The highest BCUT2D eigenvalue weighted by molar-refractivity contribution is 5.93. The fourth-order valence-corrected chi connectivity index (χ4v) is 3.01. The molecule has 0 aromatic heterocycles. The van der Waals surface area contributed by atoms with Crippen molar-refractivity contribution in [3.63, 3.8) is 0 Å². The van der Waals surface area contributed by atoms with E-state index in [0.29, 0.717) is 5.56 Å². The number of primary amides is 1. The van der Waals surface area contributed by atoms with Crippen LogP contribution in [0.4, 0.5) is 0 Å². The Balaban J connectivity index is 2.83. The highest BCUT2D eigenvalue weighted by Gasteiger charge is 2.26. The monoisotopic (exact) mass is 479 g/mol. The number of carboxylic acids is 1. The molecule has 0 saturated carbocycles. The van der Waals surface area contributed by atoms with Crippen LogP contribution in [0.1, 0.15) is 38.7 Å². The zero-order valence-electron chi connectivity index (χ0n) is 19.2. The van der Waals surface area contributed by atoms with Gasteiger partial charge in [-0.05, 0) is 36.5 Å². The molecule has 0 saturated heterocycles. The van der Waals surface area contributed by atoms with Crippen LogP contribution < -0.4 is 27.4 Å². The average Bonchev–Trinajstić information content (AvgIpc) is 2.75. The van der Waals surface area contributed by atoms with Crippen LogP contribution in [0.15, 0.2) is 24.3 Å². The number of aliphatic carboxylic acids is 1. The molecule has 1 aromatic rings. The third-order valence-corrected chi connectivity index (χ3v) is 4.81. The molecule has 3 atom stereocenters. The molecule has 9 N–H and O–H groups in total. The molecule has 12 heteroatoms. The van der Waals surface area contributed by atoms with Crippen LogP contribution in [0.5, 0.6) is 5.75 Å². The van der Waals surface area contributed by atoms with Gasteiger partial charge in [-0.1, -0.05) is 26.0 Å². The van der Waals surface area contributed by atoms with Crippen LogP contribution in [0.3, 0.4) is 0 Å². The Kier molecular flexibility index (Phi) is 11.5. The molecular formula is C22H33N5O7. The smallest absolute Gasteiger partial charge is 0.326 e. The molecule has 188 valence electrons. The fourth-order valence-electron chi connectivity index (χ4n) is 3.01. The second-order valence-electron chi connectivity index (χ2n) is 8.35. The van der Waals surface area contributed by atoms with Gasteiger partial charge >= 0.3 is 5.97 Å². The first-order chi connectivity index (χ1) is 15.9. The maximum absolute atomic E-state index is 12.8. The summed E-state index contributed by atoms with van der Waals surface area (Å²) in [5.74, 6) is -3.84. The van der Waals surface area contributed by atoms with Crippen molar-refractivity contribution in [1.29, 1.82) is 0 Å². The lowest BCUT2D eigenvalue weighted by atomic mass is 10.0. The number of rotatable bonds is 14. The molecule has 0 unspecified atom stereocenters. The van der Waals surface area contributed by atoms with Crippen molar-refractivity contribution >= 4 is 29.6 Å². The largest absolute Gasteiger partial charge is 0.508 e. The van der Waals surface area contributed by atoms with Crippen molar-refractivity contribution in [2.24, 2.45) is 17.4 Å². The van der Waals surface area contributed by atoms with Crippen LogP contribution in [0.2, 0.25) is 0 Å². The predicted octanol–water partition coefficient (Wildman–Crippen LogP) is -1.26. The number of carbonyl (C=O) groups excluding carboxylic acids is 4. The SMILES string of the molecule is CC(C)C[C@H](NC(=O)CNC(=O)[C@H](Cc1ccc(O)cc1)NC(=O)[C@@H](N)CCC(N)=O)C(=O)O. The van der Waals surface area contributed by atoms with Gasteiger partial charge in [0.1, 0.15) is 17.8 Å². The number of amides is 4. The van der Waals surface area contributed by atoms with Gasteiger partial charge < -0.3 is 37.6 Å². The van der Waals surface area contributed by atoms with Crippen LogP contribution >= 0.6 is 0 Å². The van der Waals surface area contributed by atoms with Gasteiger partial charge in [-0.25, -0.2) is 4.79 Å². The van der Waals surface area contributed by atoms with E-state index in [0.717, 1.165) is 0 Å². The first-order valence-corrected chi connectivity index (χ1v) is 10.8. The number of carbonyl (C=O) groups is 5. The summed E-state index contributed by atoms with van der Waals surface area (Å²) in [6, 6.07) is 2.64. The van der Waals surface area contributed by atoms with Crippen LogP contribution in [-0.4, -0.2) is 64.5 Å². The minimum Gasteiger partial charge on any atom is -0.508 e. The molecule has 12 nitrogen and oxygen atoms in total. The Morgan fingerprint density at radius 3 is 2.12 bits per heavy atom. The van der Waals surface area contributed by atoms with E-state index in [2.05, 4.69) is 16.0 Å². The summed E-state index contributed by atoms with van der Waals surface area (Å²) in [6.07, 6.45) is 0.124. The molecule has 1 aromatic carbocycles. The topological polar surface area (TPSA) is 214 Å². The van der Waals surface area contributed by atoms with Gasteiger partial charge in [0, 0.05) is 12.8 Å². The van der Waals surface area contributed by atoms with Crippen molar-refractivity contribution in [1.82, 2.24) is 16.0 Å². The quantitative estimate of drug-likeness (QED) is 0.171. The summed E-state index contributed by atoms with van der Waals surface area (Å²) in [5.41, 5.74) is 11.4. The van der Waals surface area contributed by atoms with Crippen molar-refractivity contribution in [3.05, 3.63) is 29.8 Å². The zero-order valence-corrected chi connectivity index (χ0v) is 19.2. The Morgan fingerprint density at radius 1 is 0.971 bits per heavy atom. The normalized spacial score (nSPS) is 13.4. The van der Waals surface area contributed by atoms with Gasteiger partial charge in [0.2, 0.25) is 23.6 Å². The number of phenolic OH excluding ortho intramolecular Hbond substituents is 1. The van der Waals surface area contributed by atoms with E-state index in [1.165, 1.54) is 12.1 Å². The molecule has 0 aliphatic carbocycles. The summed E-state index contributed by atoms with van der Waals surface area (Å²) in [6.45, 7) is 3.12. The molecule has 0 spiro atoms. The predicted molar refractivity (Wildman–Crippen MR) is 122 cm³/mol. The third-order valence-electron chi connectivity index (χ3n) is 4.81. The number of nitrogens with one attached hydrogen (secondary N) is 3. The highest BCUT2D eigenvalue weighted by Crippen LogP contribution is 2.12. The molecule has 0 bridgehead atoms. The zero-order chi connectivity index (χ0) is 25.8. The van der Waals surface area contributed by atoms with Gasteiger partial charge in [-0.2, -0.15) is 0 Å². The van der Waals surface area contributed by atoms with Gasteiger partial charge in [-0.15, -0.1) is 0 Å². The van der Waals surface area contributed by atoms with E-state index in [9.17, 15) is 34.2 Å². The van der Waals surface area contributed by atoms with E-state index >= 15 is 0 Å². The van der Waals surface area contributed by atoms with Gasteiger partial charge in [0.15, 0.2) is 0 Å². The first-order valence-electron chi connectivity index (χ1n) is 10.8. The van der Waals surface area contributed by atoms with Crippen LogP contribution in [0.25, 0.3) is 0 Å². The van der Waals surface area contributed by atoms with E-state index in [1.54, 1.807) is 12.1 Å².